The average molecular weight is 303 g/mol. The first-order valence-electron chi connectivity index (χ1n) is 6.71. The van der Waals surface area contributed by atoms with Gasteiger partial charge in [0.25, 0.3) is 0 Å². The van der Waals surface area contributed by atoms with E-state index in [1.807, 2.05) is 48.5 Å². The van der Waals surface area contributed by atoms with Crippen molar-refractivity contribution in [3.05, 3.63) is 54.1 Å². The maximum absolute atomic E-state index is 10.4. The Kier molecular flexibility index (Phi) is 4.05. The van der Waals surface area contributed by atoms with Crippen LogP contribution in [0.4, 0.5) is 5.69 Å². The average Bonchev–Trinajstić information content (AvgIpc) is 2.65. The van der Waals surface area contributed by atoms with E-state index in [-0.39, 0.29) is 5.25 Å². The number of thioether (sulfide) groups is 1. The maximum Gasteiger partial charge on any atom is 0.152 e. The largest absolute Gasteiger partial charge is 0.497 e. The van der Waals surface area contributed by atoms with E-state index in [9.17, 15) is 10.2 Å². The quantitative estimate of drug-likeness (QED) is 0.796. The molecule has 0 fully saturated rings. The Labute approximate surface area is 127 Å². The molecule has 0 saturated carbocycles. The smallest absolute Gasteiger partial charge is 0.152 e. The van der Waals surface area contributed by atoms with Crippen LogP contribution >= 0.6 is 11.8 Å². The summed E-state index contributed by atoms with van der Waals surface area (Å²) in [5, 5.41) is 23.2. The van der Waals surface area contributed by atoms with Crippen molar-refractivity contribution in [1.82, 2.24) is 0 Å². The van der Waals surface area contributed by atoms with E-state index >= 15 is 0 Å². The standard InChI is InChI=1S/C16H17NO3S/c1-20-11-8-6-10(7-9-11)15-14(18)16(19)17-12-4-2-3-5-13(12)21-15/h2-9,14-19H,1H3/t14-,15+,16+/m1/s1. The highest BCUT2D eigenvalue weighted by Crippen LogP contribution is 2.44. The van der Waals surface area contributed by atoms with Crippen LogP contribution in [0.25, 0.3) is 0 Å². The zero-order chi connectivity index (χ0) is 14.8. The van der Waals surface area contributed by atoms with Crippen LogP contribution < -0.4 is 10.1 Å². The molecule has 3 atom stereocenters. The van der Waals surface area contributed by atoms with Crippen LogP contribution in [0.15, 0.2) is 53.4 Å². The number of ether oxygens (including phenoxy) is 1. The summed E-state index contributed by atoms with van der Waals surface area (Å²) in [6.07, 6.45) is -1.91. The van der Waals surface area contributed by atoms with Crippen molar-refractivity contribution >= 4 is 17.4 Å². The van der Waals surface area contributed by atoms with Crippen molar-refractivity contribution in [2.24, 2.45) is 0 Å². The third kappa shape index (κ3) is 2.85. The van der Waals surface area contributed by atoms with Crippen molar-refractivity contribution in [3.8, 4) is 5.75 Å². The summed E-state index contributed by atoms with van der Waals surface area (Å²) in [7, 11) is 1.62. The Bertz CT molecular complexity index is 617. The number of hydrogen-bond donors (Lipinski definition) is 3. The van der Waals surface area contributed by atoms with Crippen LogP contribution in [-0.4, -0.2) is 29.7 Å². The second kappa shape index (κ2) is 5.97. The number of methoxy groups -OCH3 is 1. The van der Waals surface area contributed by atoms with E-state index in [1.165, 1.54) is 0 Å². The number of nitrogens with one attached hydrogen (secondary N) is 1. The maximum atomic E-state index is 10.4. The van der Waals surface area contributed by atoms with Gasteiger partial charge in [-0.1, -0.05) is 24.3 Å². The molecule has 110 valence electrons. The van der Waals surface area contributed by atoms with E-state index in [0.717, 1.165) is 21.9 Å². The number of hydrogen-bond acceptors (Lipinski definition) is 5. The van der Waals surface area contributed by atoms with E-state index < -0.39 is 12.3 Å². The molecule has 0 aliphatic carbocycles. The number of benzene rings is 2. The second-order valence-corrected chi connectivity index (χ2v) is 6.07. The fourth-order valence-electron chi connectivity index (χ4n) is 2.36. The van der Waals surface area contributed by atoms with Gasteiger partial charge in [0.05, 0.1) is 12.4 Å². The topological polar surface area (TPSA) is 61.7 Å². The molecule has 0 bridgehead atoms. The summed E-state index contributed by atoms with van der Waals surface area (Å²) in [5.41, 5.74) is 1.79. The van der Waals surface area contributed by atoms with Gasteiger partial charge in [-0.15, -0.1) is 11.8 Å². The molecule has 1 aliphatic rings. The fraction of sp³-hybridized carbons (Fsp3) is 0.250. The predicted octanol–water partition coefficient (Wildman–Crippen LogP) is 2.63. The van der Waals surface area contributed by atoms with Crippen LogP contribution in [0.3, 0.4) is 0 Å². The number of rotatable bonds is 2. The van der Waals surface area contributed by atoms with Crippen LogP contribution in [0.1, 0.15) is 10.8 Å². The van der Waals surface area contributed by atoms with Gasteiger partial charge in [-0.2, -0.15) is 0 Å². The van der Waals surface area contributed by atoms with Gasteiger partial charge in [0.2, 0.25) is 0 Å². The molecule has 3 rings (SSSR count). The molecule has 3 N–H and O–H groups in total. The lowest BCUT2D eigenvalue weighted by molar-refractivity contribution is 0.0363. The van der Waals surface area contributed by atoms with Gasteiger partial charge in [0.1, 0.15) is 11.9 Å². The molecule has 1 aliphatic heterocycles. The number of aliphatic hydroxyl groups is 2. The van der Waals surface area contributed by atoms with Gasteiger partial charge in [-0.05, 0) is 29.8 Å². The molecule has 1 heterocycles. The second-order valence-electron chi connectivity index (χ2n) is 4.89. The Balaban J connectivity index is 1.96. The Hall–Kier alpha value is -1.69. The lowest BCUT2D eigenvalue weighted by Gasteiger charge is -2.24. The number of aliphatic hydroxyl groups excluding tert-OH is 2. The first-order chi connectivity index (χ1) is 10.2. The first-order valence-corrected chi connectivity index (χ1v) is 7.59. The van der Waals surface area contributed by atoms with Gasteiger partial charge in [-0.3, -0.25) is 0 Å². The zero-order valence-corrected chi connectivity index (χ0v) is 12.4. The van der Waals surface area contributed by atoms with Gasteiger partial charge in [0.15, 0.2) is 6.23 Å². The molecule has 0 saturated heterocycles. The normalized spacial score (nSPS) is 24.6. The minimum absolute atomic E-state index is 0.248. The van der Waals surface area contributed by atoms with Crippen LogP contribution in [0.5, 0.6) is 5.75 Å². The highest BCUT2D eigenvalue weighted by molar-refractivity contribution is 7.99. The van der Waals surface area contributed by atoms with Gasteiger partial charge in [0, 0.05) is 10.6 Å². The van der Waals surface area contributed by atoms with Crippen molar-refractivity contribution in [1.29, 1.82) is 0 Å². The summed E-state index contributed by atoms with van der Waals surface area (Å²) in [6.45, 7) is 0. The van der Waals surface area contributed by atoms with E-state index in [1.54, 1.807) is 18.9 Å². The molecule has 2 aromatic rings. The highest BCUT2D eigenvalue weighted by atomic mass is 32.2. The highest BCUT2D eigenvalue weighted by Gasteiger charge is 2.32. The minimum Gasteiger partial charge on any atom is -0.497 e. The van der Waals surface area contributed by atoms with Crippen molar-refractivity contribution in [2.45, 2.75) is 22.5 Å². The monoisotopic (exact) mass is 303 g/mol. The van der Waals surface area contributed by atoms with Crippen LogP contribution in [0.2, 0.25) is 0 Å². The molecule has 0 unspecified atom stereocenters. The van der Waals surface area contributed by atoms with E-state index in [4.69, 9.17) is 4.74 Å². The van der Waals surface area contributed by atoms with Crippen LogP contribution in [0, 0.1) is 0 Å². The predicted molar refractivity (Wildman–Crippen MR) is 83.7 cm³/mol. The first kappa shape index (κ1) is 14.3. The summed E-state index contributed by atoms with van der Waals surface area (Å²) in [6, 6.07) is 15.3. The summed E-state index contributed by atoms with van der Waals surface area (Å²) >= 11 is 1.54. The molecule has 21 heavy (non-hydrogen) atoms. The Morgan fingerprint density at radius 2 is 1.76 bits per heavy atom. The SMILES string of the molecule is COc1ccc([C@@H]2Sc3ccccc3N[C@@H](O)[C@@H]2O)cc1. The fourth-order valence-corrected chi connectivity index (χ4v) is 3.63. The molecular weight excluding hydrogens is 286 g/mol. The third-order valence-corrected chi connectivity index (χ3v) is 4.94. The molecule has 0 amide bonds. The van der Waals surface area contributed by atoms with Gasteiger partial charge < -0.3 is 20.3 Å². The van der Waals surface area contributed by atoms with E-state index in [0.29, 0.717) is 0 Å². The Morgan fingerprint density at radius 3 is 2.48 bits per heavy atom. The van der Waals surface area contributed by atoms with Gasteiger partial charge in [-0.25, -0.2) is 0 Å². The number of fused-ring (bicyclic) bond motifs is 1. The third-order valence-electron chi connectivity index (χ3n) is 3.52. The molecule has 0 aromatic heterocycles. The molecular formula is C16H17NO3S. The number of anilines is 1. The van der Waals surface area contributed by atoms with Crippen LogP contribution in [-0.2, 0) is 0 Å². The van der Waals surface area contributed by atoms with Crippen molar-refractivity contribution in [2.75, 3.05) is 12.4 Å². The van der Waals surface area contributed by atoms with Gasteiger partial charge >= 0.3 is 0 Å². The summed E-state index contributed by atoms with van der Waals surface area (Å²) in [5.74, 6) is 0.769. The van der Waals surface area contributed by atoms with Crippen molar-refractivity contribution in [3.63, 3.8) is 0 Å². The molecule has 0 spiro atoms. The van der Waals surface area contributed by atoms with E-state index in [2.05, 4.69) is 5.32 Å². The Morgan fingerprint density at radius 1 is 1.05 bits per heavy atom. The zero-order valence-electron chi connectivity index (χ0n) is 11.6. The number of para-hydroxylation sites is 1. The molecule has 0 radical (unpaired) electrons. The summed E-state index contributed by atoms with van der Waals surface area (Å²) in [4.78, 5) is 1.01. The summed E-state index contributed by atoms with van der Waals surface area (Å²) < 4.78 is 5.15. The van der Waals surface area contributed by atoms with Crippen molar-refractivity contribution < 1.29 is 14.9 Å². The molecule has 4 nitrogen and oxygen atoms in total. The molecule has 5 heteroatoms. The molecule has 2 aromatic carbocycles. The lowest BCUT2D eigenvalue weighted by Crippen LogP contribution is -2.35. The lowest BCUT2D eigenvalue weighted by atomic mass is 10.1. The minimum atomic E-state index is -1.01.